The van der Waals surface area contributed by atoms with Crippen molar-refractivity contribution in [2.24, 2.45) is 5.92 Å². The Labute approximate surface area is 116 Å². The van der Waals surface area contributed by atoms with Gasteiger partial charge in [0.1, 0.15) is 0 Å². The van der Waals surface area contributed by atoms with E-state index in [4.69, 9.17) is 5.11 Å². The molecule has 0 aliphatic rings. The minimum atomic E-state index is -3.47. The van der Waals surface area contributed by atoms with E-state index >= 15 is 0 Å². The second kappa shape index (κ2) is 7.03. The summed E-state index contributed by atoms with van der Waals surface area (Å²) in [6.45, 7) is 6.77. The van der Waals surface area contributed by atoms with Gasteiger partial charge in [0.05, 0.1) is 11.5 Å². The fourth-order valence-corrected chi connectivity index (χ4v) is 3.47. The molecule has 0 bridgehead atoms. The summed E-state index contributed by atoms with van der Waals surface area (Å²) in [5, 5.41) is 9.10. The number of aliphatic hydroxyl groups excluding tert-OH is 1. The first-order valence-corrected chi connectivity index (χ1v) is 8.09. The van der Waals surface area contributed by atoms with Crippen LogP contribution in [0, 0.1) is 5.92 Å². The topological polar surface area (TPSA) is 57.6 Å². The third-order valence-electron chi connectivity index (χ3n) is 3.28. The molecule has 1 aromatic carbocycles. The van der Waals surface area contributed by atoms with Crippen molar-refractivity contribution in [1.29, 1.82) is 0 Å². The van der Waals surface area contributed by atoms with Crippen molar-refractivity contribution in [2.75, 3.05) is 13.1 Å². The van der Waals surface area contributed by atoms with Gasteiger partial charge in [0.25, 0.3) is 0 Å². The molecule has 0 amide bonds. The van der Waals surface area contributed by atoms with E-state index in [0.29, 0.717) is 24.6 Å². The molecule has 0 aromatic heterocycles. The molecule has 0 radical (unpaired) electrons. The highest BCUT2D eigenvalue weighted by Crippen LogP contribution is 2.19. The van der Waals surface area contributed by atoms with E-state index in [9.17, 15) is 8.42 Å². The minimum Gasteiger partial charge on any atom is -0.392 e. The normalized spacial score (nSPS) is 13.7. The Hall–Kier alpha value is -0.910. The van der Waals surface area contributed by atoms with Gasteiger partial charge >= 0.3 is 0 Å². The molecule has 0 heterocycles. The fourth-order valence-electron chi connectivity index (χ4n) is 1.83. The van der Waals surface area contributed by atoms with E-state index in [1.165, 1.54) is 10.4 Å². The van der Waals surface area contributed by atoms with Crippen LogP contribution in [0.4, 0.5) is 0 Å². The Morgan fingerprint density at radius 2 is 2.00 bits per heavy atom. The van der Waals surface area contributed by atoms with Gasteiger partial charge in [-0.25, -0.2) is 8.42 Å². The Morgan fingerprint density at radius 1 is 1.32 bits per heavy atom. The van der Waals surface area contributed by atoms with E-state index in [2.05, 4.69) is 6.92 Å². The molecule has 4 nitrogen and oxygen atoms in total. The first kappa shape index (κ1) is 16.1. The van der Waals surface area contributed by atoms with Crippen LogP contribution in [0.1, 0.15) is 32.8 Å². The zero-order valence-corrected chi connectivity index (χ0v) is 12.7. The lowest BCUT2D eigenvalue weighted by Crippen LogP contribution is -2.34. The molecule has 1 unspecified atom stereocenters. The van der Waals surface area contributed by atoms with Gasteiger partial charge in [0.15, 0.2) is 0 Å². The first-order chi connectivity index (χ1) is 8.95. The average Bonchev–Trinajstić information content (AvgIpc) is 2.44. The van der Waals surface area contributed by atoms with Crippen molar-refractivity contribution >= 4 is 10.0 Å². The quantitative estimate of drug-likeness (QED) is 0.836. The molecule has 0 fully saturated rings. The standard InChI is InChI=1S/C14H23NO3S/c1-4-12(3)10-15(5-2)19(17,18)14-8-6-7-13(9-14)11-16/h6-9,12,16H,4-5,10-11H2,1-3H3. The Balaban J connectivity index is 3.05. The molecule has 0 aliphatic carbocycles. The zero-order valence-electron chi connectivity index (χ0n) is 11.8. The van der Waals surface area contributed by atoms with Crippen LogP contribution in [0.5, 0.6) is 0 Å². The van der Waals surface area contributed by atoms with E-state index in [-0.39, 0.29) is 11.5 Å². The van der Waals surface area contributed by atoms with Crippen molar-refractivity contribution in [3.05, 3.63) is 29.8 Å². The Bertz CT molecular complexity index is 499. The third kappa shape index (κ3) is 4.03. The summed E-state index contributed by atoms with van der Waals surface area (Å²) in [5.74, 6) is 0.329. The molecule has 0 saturated carbocycles. The Kier molecular flexibility index (Phi) is 5.97. The molecule has 5 heteroatoms. The number of hydrogen-bond acceptors (Lipinski definition) is 3. The van der Waals surface area contributed by atoms with Crippen LogP contribution < -0.4 is 0 Å². The second-order valence-electron chi connectivity index (χ2n) is 4.77. The van der Waals surface area contributed by atoms with Crippen LogP contribution in [0.25, 0.3) is 0 Å². The lowest BCUT2D eigenvalue weighted by Gasteiger charge is -2.23. The number of rotatable bonds is 7. The van der Waals surface area contributed by atoms with Crippen molar-refractivity contribution < 1.29 is 13.5 Å². The summed E-state index contributed by atoms with van der Waals surface area (Å²) in [5.41, 5.74) is 0.612. The monoisotopic (exact) mass is 285 g/mol. The molecular formula is C14H23NO3S. The van der Waals surface area contributed by atoms with Gasteiger partial charge in [0.2, 0.25) is 10.0 Å². The molecule has 1 N–H and O–H groups in total. The molecule has 0 saturated heterocycles. The second-order valence-corrected chi connectivity index (χ2v) is 6.71. The molecule has 1 rings (SSSR count). The average molecular weight is 285 g/mol. The predicted octanol–water partition coefficient (Wildman–Crippen LogP) is 2.24. The van der Waals surface area contributed by atoms with Gasteiger partial charge < -0.3 is 5.11 Å². The minimum absolute atomic E-state index is 0.152. The van der Waals surface area contributed by atoms with Gasteiger partial charge in [-0.2, -0.15) is 4.31 Å². The maximum Gasteiger partial charge on any atom is 0.243 e. The molecular weight excluding hydrogens is 262 g/mol. The molecule has 1 aromatic rings. The molecule has 0 aliphatic heterocycles. The van der Waals surface area contributed by atoms with Gasteiger partial charge in [-0.3, -0.25) is 0 Å². The molecule has 1 atom stereocenters. The summed E-state index contributed by atoms with van der Waals surface area (Å²) in [6.07, 6.45) is 0.947. The summed E-state index contributed by atoms with van der Waals surface area (Å²) >= 11 is 0. The third-order valence-corrected chi connectivity index (χ3v) is 5.22. The summed E-state index contributed by atoms with van der Waals surface area (Å²) in [6, 6.07) is 6.49. The summed E-state index contributed by atoms with van der Waals surface area (Å²) < 4.78 is 26.6. The van der Waals surface area contributed by atoms with Crippen LogP contribution in [0.2, 0.25) is 0 Å². The van der Waals surface area contributed by atoms with Gasteiger partial charge in [-0.15, -0.1) is 0 Å². The van der Waals surface area contributed by atoms with E-state index in [1.54, 1.807) is 18.2 Å². The maximum absolute atomic E-state index is 12.5. The summed E-state index contributed by atoms with van der Waals surface area (Å²) in [4.78, 5) is 0.254. The van der Waals surface area contributed by atoms with Crippen molar-refractivity contribution in [1.82, 2.24) is 4.31 Å². The van der Waals surface area contributed by atoms with Gasteiger partial charge in [-0.05, 0) is 23.6 Å². The van der Waals surface area contributed by atoms with Crippen molar-refractivity contribution in [3.63, 3.8) is 0 Å². The Morgan fingerprint density at radius 3 is 2.53 bits per heavy atom. The highest BCUT2D eigenvalue weighted by Gasteiger charge is 2.24. The smallest absolute Gasteiger partial charge is 0.243 e. The van der Waals surface area contributed by atoms with E-state index < -0.39 is 10.0 Å². The number of benzene rings is 1. The molecule has 108 valence electrons. The molecule has 19 heavy (non-hydrogen) atoms. The van der Waals surface area contributed by atoms with Crippen LogP contribution in [-0.4, -0.2) is 30.9 Å². The lowest BCUT2D eigenvalue weighted by atomic mass is 10.1. The van der Waals surface area contributed by atoms with E-state index in [0.717, 1.165) is 6.42 Å². The number of sulfonamides is 1. The fraction of sp³-hybridized carbons (Fsp3) is 0.571. The van der Waals surface area contributed by atoms with Gasteiger partial charge in [0, 0.05) is 13.1 Å². The first-order valence-electron chi connectivity index (χ1n) is 6.65. The van der Waals surface area contributed by atoms with Crippen LogP contribution in [0.3, 0.4) is 0 Å². The SMILES string of the molecule is CCC(C)CN(CC)S(=O)(=O)c1cccc(CO)c1. The highest BCUT2D eigenvalue weighted by atomic mass is 32.2. The highest BCUT2D eigenvalue weighted by molar-refractivity contribution is 7.89. The number of aliphatic hydroxyl groups is 1. The van der Waals surface area contributed by atoms with Crippen molar-refractivity contribution in [2.45, 2.75) is 38.7 Å². The van der Waals surface area contributed by atoms with Crippen LogP contribution in [0.15, 0.2) is 29.2 Å². The number of nitrogens with zero attached hydrogens (tertiary/aromatic N) is 1. The lowest BCUT2D eigenvalue weighted by molar-refractivity contribution is 0.281. The predicted molar refractivity (Wildman–Crippen MR) is 76.3 cm³/mol. The molecule has 0 spiro atoms. The van der Waals surface area contributed by atoms with Crippen LogP contribution >= 0.6 is 0 Å². The zero-order chi connectivity index (χ0) is 14.5. The number of hydrogen-bond donors (Lipinski definition) is 1. The largest absolute Gasteiger partial charge is 0.392 e. The maximum atomic E-state index is 12.5. The van der Waals surface area contributed by atoms with Gasteiger partial charge in [-0.1, -0.05) is 39.3 Å². The van der Waals surface area contributed by atoms with Crippen LogP contribution in [-0.2, 0) is 16.6 Å². The van der Waals surface area contributed by atoms with Crippen molar-refractivity contribution in [3.8, 4) is 0 Å². The summed E-state index contributed by atoms with van der Waals surface area (Å²) in [7, 11) is -3.47. The van der Waals surface area contributed by atoms with E-state index in [1.807, 2.05) is 13.8 Å².